The first-order valence-electron chi connectivity index (χ1n) is 7.08. The number of nitrogens with one attached hydrogen (secondary N) is 2. The lowest BCUT2D eigenvalue weighted by molar-refractivity contribution is -0.120. The Morgan fingerprint density at radius 3 is 2.58 bits per heavy atom. The fraction of sp³-hybridized carbons (Fsp3) is 0.667. The van der Waals surface area contributed by atoms with Gasteiger partial charge in [0.25, 0.3) is 0 Å². The smallest absolute Gasteiger partial charge is 0.233 e. The number of carbonyl (C=O) groups excluding carboxylic acids is 1. The summed E-state index contributed by atoms with van der Waals surface area (Å²) in [4.78, 5) is 11.6. The number of rotatable bonds is 7. The molecule has 0 aliphatic heterocycles. The maximum atomic E-state index is 11.6. The Labute approximate surface area is 116 Å². The monoisotopic (exact) mass is 265 g/mol. The summed E-state index contributed by atoms with van der Waals surface area (Å²) in [5, 5.41) is 6.11. The molecule has 0 bridgehead atoms. The van der Waals surface area contributed by atoms with Crippen LogP contribution in [0.1, 0.15) is 37.7 Å². The van der Waals surface area contributed by atoms with E-state index < -0.39 is 0 Å². The van der Waals surface area contributed by atoms with Gasteiger partial charge in [0.05, 0.1) is 6.54 Å². The fourth-order valence-electron chi connectivity index (χ4n) is 2.23. The Bertz CT molecular complexity index is 421. The van der Waals surface area contributed by atoms with Gasteiger partial charge in [-0.1, -0.05) is 13.8 Å². The van der Waals surface area contributed by atoms with Crippen LogP contribution in [0.3, 0.4) is 0 Å². The molecule has 1 heterocycles. The van der Waals surface area contributed by atoms with E-state index in [4.69, 9.17) is 0 Å². The van der Waals surface area contributed by atoms with Crippen molar-refractivity contribution in [3.63, 3.8) is 0 Å². The molecule has 1 amide bonds. The predicted molar refractivity (Wildman–Crippen MR) is 79.1 cm³/mol. The first kappa shape index (κ1) is 15.8. The molecule has 0 spiro atoms. The number of aryl methyl sites for hydroxylation is 1. The zero-order chi connectivity index (χ0) is 14.4. The molecule has 0 fully saturated rings. The van der Waals surface area contributed by atoms with E-state index in [9.17, 15) is 4.79 Å². The van der Waals surface area contributed by atoms with Gasteiger partial charge in [-0.05, 0) is 38.3 Å². The molecule has 2 N–H and O–H groups in total. The van der Waals surface area contributed by atoms with Crippen LogP contribution in [0.4, 0.5) is 0 Å². The molecular weight excluding hydrogens is 238 g/mol. The van der Waals surface area contributed by atoms with Gasteiger partial charge in [-0.2, -0.15) is 0 Å². The molecule has 19 heavy (non-hydrogen) atoms. The Morgan fingerprint density at radius 2 is 2.05 bits per heavy atom. The minimum Gasteiger partial charge on any atom is -0.355 e. The Hall–Kier alpha value is -1.29. The summed E-state index contributed by atoms with van der Waals surface area (Å²) in [6.07, 6.45) is 0. The van der Waals surface area contributed by atoms with Crippen LogP contribution in [0, 0.1) is 19.8 Å². The van der Waals surface area contributed by atoms with Crippen LogP contribution >= 0.6 is 0 Å². The van der Waals surface area contributed by atoms with Crippen LogP contribution in [-0.4, -0.2) is 23.6 Å². The van der Waals surface area contributed by atoms with Crippen molar-refractivity contribution in [3.05, 3.63) is 23.0 Å². The number of aromatic nitrogens is 1. The summed E-state index contributed by atoms with van der Waals surface area (Å²) in [7, 11) is 0. The van der Waals surface area contributed by atoms with E-state index in [1.54, 1.807) is 0 Å². The summed E-state index contributed by atoms with van der Waals surface area (Å²) in [5.41, 5.74) is 3.84. The minimum atomic E-state index is 0.0676. The van der Waals surface area contributed by atoms with Crippen molar-refractivity contribution in [1.82, 2.24) is 15.2 Å². The van der Waals surface area contributed by atoms with Gasteiger partial charge in [0.1, 0.15) is 0 Å². The van der Waals surface area contributed by atoms with E-state index in [1.807, 2.05) is 0 Å². The Morgan fingerprint density at radius 1 is 1.37 bits per heavy atom. The molecule has 1 rings (SSSR count). The molecule has 0 saturated heterocycles. The van der Waals surface area contributed by atoms with E-state index in [2.05, 4.69) is 55.9 Å². The third-order valence-corrected chi connectivity index (χ3v) is 3.30. The average Bonchev–Trinajstić information content (AvgIpc) is 2.61. The zero-order valence-electron chi connectivity index (χ0n) is 12.8. The van der Waals surface area contributed by atoms with E-state index in [1.165, 1.54) is 17.0 Å². The van der Waals surface area contributed by atoms with Crippen LogP contribution in [0.25, 0.3) is 0 Å². The van der Waals surface area contributed by atoms with Crippen molar-refractivity contribution < 1.29 is 4.79 Å². The SMILES string of the molecule is CCn1c(C)cc(CNCC(=O)NCC(C)C)c1C. The molecule has 0 saturated carbocycles. The molecule has 1 aromatic rings. The van der Waals surface area contributed by atoms with Crippen molar-refractivity contribution >= 4 is 5.91 Å². The van der Waals surface area contributed by atoms with Crippen molar-refractivity contribution in [3.8, 4) is 0 Å². The fourth-order valence-corrected chi connectivity index (χ4v) is 2.23. The molecule has 4 heteroatoms. The van der Waals surface area contributed by atoms with Crippen LogP contribution < -0.4 is 10.6 Å². The van der Waals surface area contributed by atoms with Gasteiger partial charge in [0, 0.05) is 31.0 Å². The molecule has 0 aromatic carbocycles. The highest BCUT2D eigenvalue weighted by atomic mass is 16.1. The Balaban J connectivity index is 2.39. The van der Waals surface area contributed by atoms with Crippen molar-refractivity contribution in [2.45, 2.75) is 47.7 Å². The van der Waals surface area contributed by atoms with Crippen LogP contribution in [-0.2, 0) is 17.9 Å². The van der Waals surface area contributed by atoms with Crippen molar-refractivity contribution in [1.29, 1.82) is 0 Å². The minimum absolute atomic E-state index is 0.0676. The van der Waals surface area contributed by atoms with Crippen molar-refractivity contribution in [2.75, 3.05) is 13.1 Å². The summed E-state index contributed by atoms with van der Waals surface area (Å²) in [6, 6.07) is 2.19. The lowest BCUT2D eigenvalue weighted by Gasteiger charge is -2.09. The number of nitrogens with zero attached hydrogens (tertiary/aromatic N) is 1. The Kier molecular flexibility index (Phi) is 6.09. The molecule has 4 nitrogen and oxygen atoms in total. The first-order chi connectivity index (χ1) is 8.95. The van der Waals surface area contributed by atoms with Crippen LogP contribution in [0.5, 0.6) is 0 Å². The molecular formula is C15H27N3O. The summed E-state index contributed by atoms with van der Waals surface area (Å²) in [6.45, 7) is 13.4. The van der Waals surface area contributed by atoms with Gasteiger partial charge in [-0.15, -0.1) is 0 Å². The highest BCUT2D eigenvalue weighted by Crippen LogP contribution is 2.14. The number of hydrogen-bond donors (Lipinski definition) is 2. The topological polar surface area (TPSA) is 46.1 Å². The first-order valence-corrected chi connectivity index (χ1v) is 7.08. The zero-order valence-corrected chi connectivity index (χ0v) is 12.8. The second kappa shape index (κ2) is 7.34. The standard InChI is InChI=1S/C15H27N3O/c1-6-18-12(4)7-14(13(18)5)9-16-10-15(19)17-8-11(2)3/h7,11,16H,6,8-10H2,1-5H3,(H,17,19). The normalized spacial score (nSPS) is 11.1. The highest BCUT2D eigenvalue weighted by Gasteiger charge is 2.08. The predicted octanol–water partition coefficient (Wildman–Crippen LogP) is 1.99. The van der Waals surface area contributed by atoms with Gasteiger partial charge in [0.15, 0.2) is 0 Å². The number of carbonyl (C=O) groups is 1. The molecule has 0 aliphatic carbocycles. The van der Waals surface area contributed by atoms with Gasteiger partial charge in [-0.3, -0.25) is 4.79 Å². The third kappa shape index (κ3) is 4.71. The molecule has 0 unspecified atom stereocenters. The number of amides is 1. The number of hydrogen-bond acceptors (Lipinski definition) is 2. The average molecular weight is 265 g/mol. The molecule has 1 aromatic heterocycles. The maximum absolute atomic E-state index is 11.6. The van der Waals surface area contributed by atoms with Crippen molar-refractivity contribution in [2.24, 2.45) is 5.92 Å². The van der Waals surface area contributed by atoms with Gasteiger partial charge >= 0.3 is 0 Å². The van der Waals surface area contributed by atoms with Crippen LogP contribution in [0.2, 0.25) is 0 Å². The lowest BCUT2D eigenvalue weighted by atomic mass is 10.2. The van der Waals surface area contributed by atoms with E-state index >= 15 is 0 Å². The summed E-state index contributed by atoms with van der Waals surface area (Å²) in [5.74, 6) is 0.561. The second-order valence-electron chi connectivity index (χ2n) is 5.44. The summed E-state index contributed by atoms with van der Waals surface area (Å²) < 4.78 is 2.29. The maximum Gasteiger partial charge on any atom is 0.233 e. The van der Waals surface area contributed by atoms with Gasteiger partial charge in [-0.25, -0.2) is 0 Å². The molecule has 0 atom stereocenters. The second-order valence-corrected chi connectivity index (χ2v) is 5.44. The molecule has 0 aliphatic rings. The quantitative estimate of drug-likeness (QED) is 0.792. The summed E-state index contributed by atoms with van der Waals surface area (Å²) >= 11 is 0. The van der Waals surface area contributed by atoms with E-state index in [-0.39, 0.29) is 5.91 Å². The lowest BCUT2D eigenvalue weighted by Crippen LogP contribution is -2.35. The third-order valence-electron chi connectivity index (χ3n) is 3.30. The van der Waals surface area contributed by atoms with E-state index in [0.29, 0.717) is 12.5 Å². The largest absolute Gasteiger partial charge is 0.355 e. The van der Waals surface area contributed by atoms with Gasteiger partial charge in [0.2, 0.25) is 5.91 Å². The molecule has 108 valence electrons. The van der Waals surface area contributed by atoms with Crippen LogP contribution in [0.15, 0.2) is 6.07 Å². The highest BCUT2D eigenvalue weighted by molar-refractivity contribution is 5.77. The molecule has 0 radical (unpaired) electrons. The van der Waals surface area contributed by atoms with Gasteiger partial charge < -0.3 is 15.2 Å². The van der Waals surface area contributed by atoms with E-state index in [0.717, 1.165) is 19.6 Å².